The minimum atomic E-state index is -0.487. The fourth-order valence-corrected chi connectivity index (χ4v) is 1.80. The van der Waals surface area contributed by atoms with E-state index in [0.717, 1.165) is 18.2 Å². The highest BCUT2D eigenvalue weighted by atomic mass is 32.1. The third-order valence-electron chi connectivity index (χ3n) is 2.56. The Morgan fingerprint density at radius 3 is 2.84 bits per heavy atom. The van der Waals surface area contributed by atoms with Crippen molar-refractivity contribution < 1.29 is 8.78 Å². The maximum absolute atomic E-state index is 13.5. The summed E-state index contributed by atoms with van der Waals surface area (Å²) in [5.41, 5.74) is 6.98. The average molecular weight is 279 g/mol. The smallest absolute Gasteiger partial charge is 0.128 e. The molecule has 1 heterocycles. The number of rotatable bonds is 4. The fourth-order valence-electron chi connectivity index (χ4n) is 1.62. The number of thiocarbonyl (C=S) groups is 1. The summed E-state index contributed by atoms with van der Waals surface area (Å²) in [4.78, 5) is 4.15. The lowest BCUT2D eigenvalue weighted by Gasteiger charge is -2.11. The van der Waals surface area contributed by atoms with E-state index in [-0.39, 0.29) is 17.1 Å². The van der Waals surface area contributed by atoms with Crippen molar-refractivity contribution in [3.8, 4) is 0 Å². The lowest BCUT2D eigenvalue weighted by molar-refractivity contribution is 0.587. The van der Waals surface area contributed by atoms with E-state index in [1.54, 1.807) is 12.3 Å². The van der Waals surface area contributed by atoms with Gasteiger partial charge in [0, 0.05) is 23.9 Å². The molecule has 19 heavy (non-hydrogen) atoms. The molecule has 6 heteroatoms. The van der Waals surface area contributed by atoms with Crippen LogP contribution in [-0.2, 0) is 6.54 Å². The van der Waals surface area contributed by atoms with Gasteiger partial charge in [0.2, 0.25) is 0 Å². The Kier molecular flexibility index (Phi) is 4.01. The topological polar surface area (TPSA) is 50.9 Å². The van der Waals surface area contributed by atoms with Gasteiger partial charge in [0.15, 0.2) is 0 Å². The van der Waals surface area contributed by atoms with Gasteiger partial charge < -0.3 is 11.1 Å². The molecule has 1 aromatic carbocycles. The molecule has 0 aliphatic heterocycles. The molecule has 3 nitrogen and oxygen atoms in total. The molecule has 0 bridgehead atoms. The molecule has 0 amide bonds. The summed E-state index contributed by atoms with van der Waals surface area (Å²) in [6.45, 7) is 0.116. The van der Waals surface area contributed by atoms with Crippen LogP contribution >= 0.6 is 12.2 Å². The number of pyridine rings is 1. The van der Waals surface area contributed by atoms with Gasteiger partial charge in [-0.25, -0.2) is 8.78 Å². The normalized spacial score (nSPS) is 10.2. The molecule has 0 saturated carbocycles. The quantitative estimate of drug-likeness (QED) is 0.845. The third kappa shape index (κ3) is 3.23. The lowest BCUT2D eigenvalue weighted by Crippen LogP contribution is -2.13. The van der Waals surface area contributed by atoms with E-state index in [0.29, 0.717) is 11.3 Å². The van der Waals surface area contributed by atoms with E-state index in [4.69, 9.17) is 18.0 Å². The van der Waals surface area contributed by atoms with E-state index < -0.39 is 11.6 Å². The zero-order chi connectivity index (χ0) is 13.8. The molecule has 2 rings (SSSR count). The Hall–Kier alpha value is -2.08. The molecule has 98 valence electrons. The molecule has 0 fully saturated rings. The van der Waals surface area contributed by atoms with Gasteiger partial charge in [-0.1, -0.05) is 12.2 Å². The second-order valence-corrected chi connectivity index (χ2v) is 4.31. The number of nitrogens with one attached hydrogen (secondary N) is 1. The van der Waals surface area contributed by atoms with E-state index >= 15 is 0 Å². The van der Waals surface area contributed by atoms with E-state index in [2.05, 4.69) is 10.3 Å². The van der Waals surface area contributed by atoms with Gasteiger partial charge in [-0.3, -0.25) is 4.98 Å². The van der Waals surface area contributed by atoms with Gasteiger partial charge in [-0.15, -0.1) is 0 Å². The number of hydrogen-bond donors (Lipinski definition) is 2. The summed E-state index contributed by atoms with van der Waals surface area (Å²) < 4.78 is 26.5. The largest absolute Gasteiger partial charge is 0.389 e. The molecule has 1 aromatic heterocycles. The number of halogens is 2. The summed E-state index contributed by atoms with van der Waals surface area (Å²) in [7, 11) is 0. The van der Waals surface area contributed by atoms with Crippen LogP contribution in [0.15, 0.2) is 36.7 Å². The van der Waals surface area contributed by atoms with Gasteiger partial charge in [0.1, 0.15) is 16.6 Å². The van der Waals surface area contributed by atoms with Crippen LogP contribution in [0.5, 0.6) is 0 Å². The predicted octanol–water partition coefficient (Wildman–Crippen LogP) is 2.61. The Labute approximate surface area is 114 Å². The Balaban J connectivity index is 2.19. The van der Waals surface area contributed by atoms with Crippen molar-refractivity contribution in [2.75, 3.05) is 5.32 Å². The van der Waals surface area contributed by atoms with Crippen LogP contribution in [0.25, 0.3) is 0 Å². The van der Waals surface area contributed by atoms with Gasteiger partial charge >= 0.3 is 0 Å². The fraction of sp³-hybridized carbons (Fsp3) is 0.0769. The molecule has 0 aliphatic rings. The van der Waals surface area contributed by atoms with Crippen molar-refractivity contribution in [2.45, 2.75) is 6.54 Å². The molecule has 2 aromatic rings. The van der Waals surface area contributed by atoms with Crippen LogP contribution in [0.2, 0.25) is 0 Å². The van der Waals surface area contributed by atoms with Crippen molar-refractivity contribution >= 4 is 22.9 Å². The van der Waals surface area contributed by atoms with Crippen LogP contribution < -0.4 is 11.1 Å². The number of benzene rings is 1. The summed E-state index contributed by atoms with van der Waals surface area (Å²) in [5, 5.41) is 2.94. The molecule has 3 N–H and O–H groups in total. The van der Waals surface area contributed by atoms with E-state index in [9.17, 15) is 8.78 Å². The number of hydrogen-bond acceptors (Lipinski definition) is 3. The second kappa shape index (κ2) is 5.71. The number of nitrogens with two attached hydrogens (primary N) is 1. The van der Waals surface area contributed by atoms with Crippen LogP contribution in [0.3, 0.4) is 0 Å². The van der Waals surface area contributed by atoms with Crippen molar-refractivity contribution in [1.82, 2.24) is 4.98 Å². The van der Waals surface area contributed by atoms with E-state index in [1.807, 2.05) is 0 Å². The molecule has 0 atom stereocenters. The first-order chi connectivity index (χ1) is 9.08. The minimum Gasteiger partial charge on any atom is -0.389 e. The maximum atomic E-state index is 13.5. The highest BCUT2D eigenvalue weighted by Crippen LogP contribution is 2.16. The highest BCUT2D eigenvalue weighted by molar-refractivity contribution is 7.80. The maximum Gasteiger partial charge on any atom is 0.128 e. The SMILES string of the molecule is NC(=S)c1ccncc1NCc1cc(F)ccc1F. The summed E-state index contributed by atoms with van der Waals surface area (Å²) in [6, 6.07) is 4.96. The zero-order valence-electron chi connectivity index (χ0n) is 9.86. The molecule has 0 saturated heterocycles. The molecule has 0 unspecified atom stereocenters. The van der Waals surface area contributed by atoms with Gasteiger partial charge in [-0.2, -0.15) is 0 Å². The first-order valence-electron chi connectivity index (χ1n) is 5.49. The second-order valence-electron chi connectivity index (χ2n) is 3.87. The molecule has 0 spiro atoms. The van der Waals surface area contributed by atoms with Crippen LogP contribution in [0, 0.1) is 11.6 Å². The minimum absolute atomic E-state index is 0.116. The third-order valence-corrected chi connectivity index (χ3v) is 2.78. The standard InChI is InChI=1S/C13H11F2N3S/c14-9-1-2-11(15)8(5-9)6-18-12-7-17-4-3-10(12)13(16)19/h1-5,7,18H,6H2,(H2,16,19). The van der Waals surface area contributed by atoms with Crippen molar-refractivity contribution in [2.24, 2.45) is 5.73 Å². The van der Waals surface area contributed by atoms with E-state index in [1.165, 1.54) is 6.20 Å². The number of nitrogens with zero attached hydrogens (tertiary/aromatic N) is 1. The molecular formula is C13H11F2N3S. The first-order valence-corrected chi connectivity index (χ1v) is 5.90. The number of anilines is 1. The Morgan fingerprint density at radius 1 is 1.32 bits per heavy atom. The Bertz CT molecular complexity index is 617. The highest BCUT2D eigenvalue weighted by Gasteiger charge is 2.07. The van der Waals surface area contributed by atoms with Gasteiger partial charge in [0.05, 0.1) is 11.9 Å². The van der Waals surface area contributed by atoms with Crippen molar-refractivity contribution in [1.29, 1.82) is 0 Å². The molecule has 0 aliphatic carbocycles. The van der Waals surface area contributed by atoms with Crippen LogP contribution in [0.1, 0.15) is 11.1 Å². The van der Waals surface area contributed by atoms with Crippen molar-refractivity contribution in [3.63, 3.8) is 0 Å². The Morgan fingerprint density at radius 2 is 2.11 bits per heavy atom. The van der Waals surface area contributed by atoms with Crippen molar-refractivity contribution in [3.05, 3.63) is 59.4 Å². The zero-order valence-corrected chi connectivity index (χ0v) is 10.7. The monoisotopic (exact) mass is 279 g/mol. The molecular weight excluding hydrogens is 268 g/mol. The van der Waals surface area contributed by atoms with Gasteiger partial charge in [0.25, 0.3) is 0 Å². The summed E-state index contributed by atoms with van der Waals surface area (Å²) >= 11 is 4.90. The average Bonchev–Trinajstić information content (AvgIpc) is 2.40. The first kappa shape index (κ1) is 13.4. The predicted molar refractivity (Wildman–Crippen MR) is 73.8 cm³/mol. The number of aromatic nitrogens is 1. The molecule has 0 radical (unpaired) electrons. The van der Waals surface area contributed by atoms with Crippen LogP contribution in [0.4, 0.5) is 14.5 Å². The lowest BCUT2D eigenvalue weighted by atomic mass is 10.2. The summed E-state index contributed by atoms with van der Waals surface area (Å²) in [5.74, 6) is -0.964. The van der Waals surface area contributed by atoms with Gasteiger partial charge in [-0.05, 0) is 24.3 Å². The van der Waals surface area contributed by atoms with Crippen LogP contribution in [-0.4, -0.2) is 9.97 Å². The summed E-state index contributed by atoms with van der Waals surface area (Å²) in [6.07, 6.45) is 3.09.